The number of likely N-dealkylation sites (tertiary alicyclic amines) is 1. The summed E-state index contributed by atoms with van der Waals surface area (Å²) in [5.41, 5.74) is 3.19. The summed E-state index contributed by atoms with van der Waals surface area (Å²) in [6.45, 7) is 9.58. The van der Waals surface area contributed by atoms with Gasteiger partial charge >= 0.3 is 0 Å². The summed E-state index contributed by atoms with van der Waals surface area (Å²) >= 11 is 6.05. The van der Waals surface area contributed by atoms with Crippen molar-refractivity contribution in [3.63, 3.8) is 0 Å². The van der Waals surface area contributed by atoms with Gasteiger partial charge in [0.05, 0.1) is 0 Å². The minimum atomic E-state index is 0.367. The number of nitrogens with zero attached hydrogens (tertiary/aromatic N) is 1. The zero-order valence-corrected chi connectivity index (χ0v) is 12.7. The van der Waals surface area contributed by atoms with Crippen molar-refractivity contribution in [3.8, 4) is 0 Å². The van der Waals surface area contributed by atoms with E-state index in [9.17, 15) is 4.79 Å². The molecule has 1 aliphatic rings. The van der Waals surface area contributed by atoms with Gasteiger partial charge in [0.1, 0.15) is 5.78 Å². The minimum Gasteiger partial charge on any atom is -0.385 e. The normalized spacial score (nSPS) is 16.2. The quantitative estimate of drug-likeness (QED) is 0.902. The molecule has 0 radical (unpaired) electrons. The molecule has 0 bridgehead atoms. The highest BCUT2D eigenvalue weighted by molar-refractivity contribution is 6.31. The number of carbonyl (C=O) groups is 1. The number of benzene rings is 1. The maximum atomic E-state index is 11.3. The molecule has 0 aromatic heterocycles. The van der Waals surface area contributed by atoms with Crippen LogP contribution in [-0.2, 0) is 4.79 Å². The highest BCUT2D eigenvalue weighted by Gasteiger charge is 2.17. The molecule has 1 heterocycles. The molecule has 1 fully saturated rings. The van der Waals surface area contributed by atoms with Gasteiger partial charge in [-0.2, -0.15) is 0 Å². The Morgan fingerprint density at radius 2 is 2.10 bits per heavy atom. The maximum Gasteiger partial charge on any atom is 0.135 e. The Bertz CT molecular complexity index is 503. The van der Waals surface area contributed by atoms with Crippen LogP contribution in [0.5, 0.6) is 0 Å². The number of ketones is 1. The summed E-state index contributed by atoms with van der Waals surface area (Å²) in [6.07, 6.45) is 1.32. The Morgan fingerprint density at radius 1 is 1.40 bits per heavy atom. The van der Waals surface area contributed by atoms with Crippen LogP contribution in [0.25, 0.3) is 5.57 Å². The van der Waals surface area contributed by atoms with Crippen LogP contribution in [0.3, 0.4) is 0 Å². The molecular formula is C16H21ClN2O. The van der Waals surface area contributed by atoms with Crippen molar-refractivity contribution in [1.29, 1.82) is 0 Å². The Balaban J connectivity index is 2.06. The lowest BCUT2D eigenvalue weighted by molar-refractivity contribution is -0.121. The van der Waals surface area contributed by atoms with Gasteiger partial charge in [-0.3, -0.25) is 9.69 Å². The second-order valence-corrected chi connectivity index (χ2v) is 5.58. The van der Waals surface area contributed by atoms with E-state index < -0.39 is 0 Å². The van der Waals surface area contributed by atoms with Crippen molar-refractivity contribution in [2.24, 2.45) is 0 Å². The lowest BCUT2D eigenvalue weighted by Gasteiger charge is -2.27. The van der Waals surface area contributed by atoms with E-state index in [0.29, 0.717) is 18.6 Å². The number of nitrogens with one attached hydrogen (secondary N) is 1. The monoisotopic (exact) mass is 292 g/mol. The summed E-state index contributed by atoms with van der Waals surface area (Å²) in [7, 11) is 0. The highest BCUT2D eigenvalue weighted by atomic mass is 35.5. The van der Waals surface area contributed by atoms with Crippen LogP contribution < -0.4 is 5.32 Å². The van der Waals surface area contributed by atoms with E-state index in [0.717, 1.165) is 48.0 Å². The SMILES string of the molecule is C=C(CN1CCC(=O)CC1)c1ccc(Cl)cc1NCC. The molecule has 1 aromatic rings. The van der Waals surface area contributed by atoms with Gasteiger partial charge in [-0.15, -0.1) is 0 Å². The minimum absolute atomic E-state index is 0.367. The third-order valence-corrected chi connectivity index (χ3v) is 3.79. The molecule has 1 N–H and O–H groups in total. The lowest BCUT2D eigenvalue weighted by atomic mass is 10.0. The first-order chi connectivity index (χ1) is 9.60. The first kappa shape index (κ1) is 15.1. The number of hydrogen-bond donors (Lipinski definition) is 1. The van der Waals surface area contributed by atoms with Gasteiger partial charge < -0.3 is 5.32 Å². The van der Waals surface area contributed by atoms with E-state index >= 15 is 0 Å². The van der Waals surface area contributed by atoms with Gasteiger partial charge in [-0.05, 0) is 24.6 Å². The fraction of sp³-hybridized carbons (Fsp3) is 0.438. The molecule has 1 aliphatic heterocycles. The van der Waals surface area contributed by atoms with Crippen LogP contribution in [0, 0.1) is 0 Å². The van der Waals surface area contributed by atoms with Crippen molar-refractivity contribution in [2.45, 2.75) is 19.8 Å². The molecule has 3 nitrogen and oxygen atoms in total. The number of hydrogen-bond acceptors (Lipinski definition) is 3. The van der Waals surface area contributed by atoms with Crippen molar-refractivity contribution in [1.82, 2.24) is 4.90 Å². The Hall–Kier alpha value is -1.32. The Labute approximate surface area is 125 Å². The molecule has 1 saturated heterocycles. The van der Waals surface area contributed by atoms with Crippen LogP contribution in [0.15, 0.2) is 24.8 Å². The molecule has 0 amide bonds. The zero-order chi connectivity index (χ0) is 14.5. The van der Waals surface area contributed by atoms with Crippen molar-refractivity contribution in [3.05, 3.63) is 35.4 Å². The number of rotatable bonds is 5. The fourth-order valence-corrected chi connectivity index (χ4v) is 2.65. The zero-order valence-electron chi connectivity index (χ0n) is 11.9. The molecule has 108 valence electrons. The van der Waals surface area contributed by atoms with Crippen LogP contribution in [0.2, 0.25) is 5.02 Å². The third-order valence-electron chi connectivity index (χ3n) is 3.56. The predicted molar refractivity (Wildman–Crippen MR) is 85.3 cm³/mol. The largest absolute Gasteiger partial charge is 0.385 e. The molecule has 0 aliphatic carbocycles. The maximum absolute atomic E-state index is 11.3. The van der Waals surface area contributed by atoms with E-state index in [-0.39, 0.29) is 0 Å². The fourth-order valence-electron chi connectivity index (χ4n) is 2.48. The second-order valence-electron chi connectivity index (χ2n) is 5.14. The summed E-state index contributed by atoms with van der Waals surface area (Å²) < 4.78 is 0. The van der Waals surface area contributed by atoms with E-state index in [2.05, 4.69) is 23.7 Å². The van der Waals surface area contributed by atoms with Crippen LogP contribution in [0.4, 0.5) is 5.69 Å². The Kier molecular flexibility index (Phi) is 5.21. The summed E-state index contributed by atoms with van der Waals surface area (Å²) in [5, 5.41) is 4.05. The second kappa shape index (κ2) is 6.91. The van der Waals surface area contributed by atoms with Gasteiger partial charge in [0.2, 0.25) is 0 Å². The molecule has 1 aromatic carbocycles. The number of halogens is 1. The van der Waals surface area contributed by atoms with Crippen molar-refractivity contribution >= 4 is 28.6 Å². The molecular weight excluding hydrogens is 272 g/mol. The number of Topliss-reactive ketones (excluding diaryl/α,β-unsaturated/α-hetero) is 1. The topological polar surface area (TPSA) is 32.3 Å². The number of anilines is 1. The van der Waals surface area contributed by atoms with Crippen LogP contribution >= 0.6 is 11.6 Å². The predicted octanol–water partition coefficient (Wildman–Crippen LogP) is 3.45. The summed E-state index contributed by atoms with van der Waals surface area (Å²) in [6, 6.07) is 5.84. The molecule has 0 saturated carbocycles. The average molecular weight is 293 g/mol. The van der Waals surface area contributed by atoms with E-state index in [1.165, 1.54) is 0 Å². The highest BCUT2D eigenvalue weighted by Crippen LogP contribution is 2.27. The summed E-state index contributed by atoms with van der Waals surface area (Å²) in [4.78, 5) is 13.6. The lowest BCUT2D eigenvalue weighted by Crippen LogP contribution is -2.34. The molecule has 0 spiro atoms. The van der Waals surface area contributed by atoms with Gasteiger partial charge in [0, 0.05) is 55.3 Å². The van der Waals surface area contributed by atoms with Gasteiger partial charge in [-0.25, -0.2) is 0 Å². The molecule has 0 unspecified atom stereocenters. The van der Waals surface area contributed by atoms with Crippen LogP contribution in [-0.4, -0.2) is 36.9 Å². The van der Waals surface area contributed by atoms with E-state index in [1.54, 1.807) is 0 Å². The number of piperidine rings is 1. The smallest absolute Gasteiger partial charge is 0.135 e. The van der Waals surface area contributed by atoms with E-state index in [4.69, 9.17) is 11.6 Å². The third kappa shape index (κ3) is 3.84. The first-order valence-corrected chi connectivity index (χ1v) is 7.43. The average Bonchev–Trinajstić information content (AvgIpc) is 2.42. The standard InChI is InChI=1S/C16H21ClN2O/c1-3-18-16-10-13(17)4-5-15(16)12(2)11-19-8-6-14(20)7-9-19/h4-5,10,18H,2-3,6-9,11H2,1H3. The van der Waals surface area contributed by atoms with Gasteiger partial charge in [-0.1, -0.05) is 24.2 Å². The molecule has 0 atom stereocenters. The van der Waals surface area contributed by atoms with Gasteiger partial charge in [0.25, 0.3) is 0 Å². The number of carbonyl (C=O) groups excluding carboxylic acids is 1. The van der Waals surface area contributed by atoms with Crippen molar-refractivity contribution in [2.75, 3.05) is 31.5 Å². The van der Waals surface area contributed by atoms with E-state index in [1.807, 2.05) is 18.2 Å². The molecule has 4 heteroatoms. The van der Waals surface area contributed by atoms with Crippen LogP contribution in [0.1, 0.15) is 25.3 Å². The first-order valence-electron chi connectivity index (χ1n) is 7.05. The molecule has 20 heavy (non-hydrogen) atoms. The van der Waals surface area contributed by atoms with Crippen molar-refractivity contribution < 1.29 is 4.79 Å². The Morgan fingerprint density at radius 3 is 2.75 bits per heavy atom. The molecule has 2 rings (SSSR count). The van der Waals surface area contributed by atoms with Gasteiger partial charge in [0.15, 0.2) is 0 Å². The summed E-state index contributed by atoms with van der Waals surface area (Å²) in [5.74, 6) is 0.367.